The molecule has 1 amide bonds. The van der Waals surface area contributed by atoms with Crippen molar-refractivity contribution in [2.45, 2.75) is 19.8 Å². The molecule has 0 aromatic heterocycles. The highest BCUT2D eigenvalue weighted by Gasteiger charge is 2.34. The molecule has 1 saturated heterocycles. The number of carboxylic acids is 1. The second-order valence-electron chi connectivity index (χ2n) is 6.06. The predicted octanol–water partition coefficient (Wildman–Crippen LogP) is 4.51. The Hall–Kier alpha value is -2.64. The van der Waals surface area contributed by atoms with Crippen LogP contribution >= 0.6 is 24.0 Å². The molecule has 1 aliphatic rings. The summed E-state index contributed by atoms with van der Waals surface area (Å²) >= 11 is 6.72. The third-order valence-corrected chi connectivity index (χ3v) is 5.45. The van der Waals surface area contributed by atoms with E-state index in [9.17, 15) is 9.59 Å². The van der Waals surface area contributed by atoms with Crippen LogP contribution in [-0.2, 0) is 16.0 Å². The predicted molar refractivity (Wildman–Crippen MR) is 116 cm³/mol. The fraction of sp³-hybridized carbons (Fsp3) is 0.190. The second-order valence-corrected chi connectivity index (χ2v) is 7.74. The first-order valence-corrected chi connectivity index (χ1v) is 10.0. The zero-order valence-electron chi connectivity index (χ0n) is 15.3. The van der Waals surface area contributed by atoms with Gasteiger partial charge in [0.15, 0.2) is 4.32 Å². The van der Waals surface area contributed by atoms with Gasteiger partial charge in [0.1, 0.15) is 5.75 Å². The Morgan fingerprint density at radius 2 is 2.04 bits per heavy atom. The number of nitrogens with zero attached hydrogens (tertiary/aromatic N) is 1. The topological polar surface area (TPSA) is 66.8 Å². The first-order chi connectivity index (χ1) is 13.5. The molecule has 0 atom stereocenters. The van der Waals surface area contributed by atoms with E-state index in [1.807, 2.05) is 37.3 Å². The van der Waals surface area contributed by atoms with Gasteiger partial charge < -0.3 is 9.84 Å². The van der Waals surface area contributed by atoms with Crippen LogP contribution in [0.15, 0.2) is 53.4 Å². The summed E-state index contributed by atoms with van der Waals surface area (Å²) in [5, 5.41) is 8.70. The summed E-state index contributed by atoms with van der Waals surface area (Å²) in [6.45, 7) is 2.14. The van der Waals surface area contributed by atoms with Gasteiger partial charge in [0.2, 0.25) is 0 Å². The highest BCUT2D eigenvalue weighted by Crippen LogP contribution is 2.37. The number of carbonyl (C=O) groups is 2. The molecular weight excluding hydrogens is 394 g/mol. The number of thiocarbonyl (C=S) groups is 1. The van der Waals surface area contributed by atoms with Gasteiger partial charge in [-0.05, 0) is 41.8 Å². The number of aryl methyl sites for hydroxylation is 1. The molecule has 5 nitrogen and oxygen atoms in total. The Morgan fingerprint density at radius 3 is 2.79 bits per heavy atom. The molecule has 1 aliphatic heterocycles. The van der Waals surface area contributed by atoms with Crippen LogP contribution in [0, 0.1) is 0 Å². The lowest BCUT2D eigenvalue weighted by molar-refractivity contribution is -0.137. The fourth-order valence-electron chi connectivity index (χ4n) is 2.81. The minimum Gasteiger partial charge on any atom is -0.493 e. The van der Waals surface area contributed by atoms with Gasteiger partial charge in [-0.15, -0.1) is 0 Å². The molecule has 0 aliphatic carbocycles. The van der Waals surface area contributed by atoms with Crippen molar-refractivity contribution in [2.24, 2.45) is 0 Å². The number of carbonyl (C=O) groups excluding carboxylic acids is 1. The molecule has 0 bridgehead atoms. The lowest BCUT2D eigenvalue weighted by Crippen LogP contribution is -2.28. The standard InChI is InChI=1S/C21H19NO4S2/c1-2-15-7-3-4-9-17(15)22-20(25)18(28-21(22)27)13-14-6-5-8-16(12-14)26-11-10-19(23)24/h3-9,12-13H,2,10-11H2,1H3,(H,23,24)/b18-13+. The zero-order valence-corrected chi connectivity index (χ0v) is 16.9. The van der Waals surface area contributed by atoms with Crippen molar-refractivity contribution in [3.05, 3.63) is 64.6 Å². The number of rotatable bonds is 7. The summed E-state index contributed by atoms with van der Waals surface area (Å²) < 4.78 is 5.96. The Labute approximate surface area is 173 Å². The molecule has 1 fully saturated rings. The Bertz CT molecular complexity index is 955. The molecule has 0 saturated carbocycles. The van der Waals surface area contributed by atoms with E-state index in [1.165, 1.54) is 11.8 Å². The van der Waals surface area contributed by atoms with E-state index in [0.717, 1.165) is 23.2 Å². The molecule has 28 heavy (non-hydrogen) atoms. The smallest absolute Gasteiger partial charge is 0.306 e. The van der Waals surface area contributed by atoms with Crippen LogP contribution in [0.1, 0.15) is 24.5 Å². The Kier molecular flexibility index (Phi) is 6.49. The van der Waals surface area contributed by atoms with E-state index in [-0.39, 0.29) is 18.9 Å². The molecule has 0 spiro atoms. The van der Waals surface area contributed by atoms with Gasteiger partial charge in [-0.25, -0.2) is 0 Å². The number of para-hydroxylation sites is 1. The van der Waals surface area contributed by atoms with Crippen molar-refractivity contribution in [3.8, 4) is 5.75 Å². The quantitative estimate of drug-likeness (QED) is 0.532. The number of thioether (sulfide) groups is 1. The van der Waals surface area contributed by atoms with Crippen LogP contribution in [0.5, 0.6) is 5.75 Å². The largest absolute Gasteiger partial charge is 0.493 e. The Balaban J connectivity index is 1.81. The van der Waals surface area contributed by atoms with E-state index < -0.39 is 5.97 Å². The SMILES string of the molecule is CCc1ccccc1N1C(=O)/C(=C\c2cccc(OCCC(=O)O)c2)SC1=S. The average Bonchev–Trinajstić information content (AvgIpc) is 2.95. The molecule has 0 unspecified atom stereocenters. The third kappa shape index (κ3) is 4.61. The zero-order chi connectivity index (χ0) is 20.1. The first kappa shape index (κ1) is 20.1. The molecule has 2 aromatic rings. The van der Waals surface area contributed by atoms with Crippen LogP contribution in [0.2, 0.25) is 0 Å². The van der Waals surface area contributed by atoms with Crippen LogP contribution in [0.4, 0.5) is 5.69 Å². The number of hydrogen-bond donors (Lipinski definition) is 1. The van der Waals surface area contributed by atoms with Crippen molar-refractivity contribution in [1.82, 2.24) is 0 Å². The van der Waals surface area contributed by atoms with Gasteiger partial charge in [0.25, 0.3) is 5.91 Å². The van der Waals surface area contributed by atoms with Gasteiger partial charge >= 0.3 is 5.97 Å². The van der Waals surface area contributed by atoms with Crippen LogP contribution < -0.4 is 9.64 Å². The molecule has 7 heteroatoms. The number of ether oxygens (including phenoxy) is 1. The monoisotopic (exact) mass is 413 g/mol. The number of hydrogen-bond acceptors (Lipinski definition) is 5. The molecule has 1 N–H and O–H groups in total. The van der Waals surface area contributed by atoms with Crippen LogP contribution in [-0.4, -0.2) is 27.9 Å². The number of benzene rings is 2. The van der Waals surface area contributed by atoms with Gasteiger partial charge in [0.05, 0.1) is 23.6 Å². The summed E-state index contributed by atoms with van der Waals surface area (Å²) in [5.74, 6) is -0.498. The highest BCUT2D eigenvalue weighted by atomic mass is 32.2. The van der Waals surface area contributed by atoms with Crippen molar-refractivity contribution < 1.29 is 19.4 Å². The summed E-state index contributed by atoms with van der Waals surface area (Å²) in [5.41, 5.74) is 2.67. The maximum atomic E-state index is 13.0. The van der Waals surface area contributed by atoms with E-state index in [4.69, 9.17) is 22.1 Å². The van der Waals surface area contributed by atoms with Gasteiger partial charge in [-0.3, -0.25) is 14.5 Å². The average molecular weight is 414 g/mol. The van der Waals surface area contributed by atoms with Gasteiger partial charge in [-0.2, -0.15) is 0 Å². The minimum absolute atomic E-state index is 0.0697. The molecule has 2 aromatic carbocycles. The van der Waals surface area contributed by atoms with Gasteiger partial charge in [-0.1, -0.05) is 61.2 Å². The molecule has 0 radical (unpaired) electrons. The number of carboxylic acid groups (broad SMARTS) is 1. The second kappa shape index (κ2) is 9.03. The molecule has 3 rings (SSSR count). The summed E-state index contributed by atoms with van der Waals surface area (Å²) in [7, 11) is 0. The highest BCUT2D eigenvalue weighted by molar-refractivity contribution is 8.27. The summed E-state index contributed by atoms with van der Waals surface area (Å²) in [4.78, 5) is 25.7. The minimum atomic E-state index is -0.910. The van der Waals surface area contributed by atoms with E-state index in [2.05, 4.69) is 0 Å². The molecule has 144 valence electrons. The normalized spacial score (nSPS) is 15.3. The van der Waals surface area contributed by atoms with Crippen molar-refractivity contribution in [1.29, 1.82) is 0 Å². The Morgan fingerprint density at radius 1 is 1.25 bits per heavy atom. The summed E-state index contributed by atoms with van der Waals surface area (Å²) in [6.07, 6.45) is 2.51. The maximum Gasteiger partial charge on any atom is 0.306 e. The maximum absolute atomic E-state index is 13.0. The lowest BCUT2D eigenvalue weighted by atomic mass is 10.1. The fourth-order valence-corrected chi connectivity index (χ4v) is 4.09. The third-order valence-electron chi connectivity index (χ3n) is 4.15. The van der Waals surface area contributed by atoms with Crippen molar-refractivity contribution in [3.63, 3.8) is 0 Å². The van der Waals surface area contributed by atoms with Crippen LogP contribution in [0.3, 0.4) is 0 Å². The van der Waals surface area contributed by atoms with E-state index >= 15 is 0 Å². The van der Waals surface area contributed by atoms with Gasteiger partial charge in [0, 0.05) is 0 Å². The molecule has 1 heterocycles. The first-order valence-electron chi connectivity index (χ1n) is 8.80. The van der Waals surface area contributed by atoms with Crippen molar-refractivity contribution in [2.75, 3.05) is 11.5 Å². The molecular formula is C21H19NO4S2. The van der Waals surface area contributed by atoms with E-state index in [1.54, 1.807) is 29.2 Å². The van der Waals surface area contributed by atoms with E-state index in [0.29, 0.717) is 15.0 Å². The number of anilines is 1. The summed E-state index contributed by atoms with van der Waals surface area (Å²) in [6, 6.07) is 14.9. The van der Waals surface area contributed by atoms with Crippen LogP contribution in [0.25, 0.3) is 6.08 Å². The lowest BCUT2D eigenvalue weighted by Gasteiger charge is -2.18. The number of amides is 1. The number of aliphatic carboxylic acids is 1. The van der Waals surface area contributed by atoms with Crippen molar-refractivity contribution >= 4 is 51.9 Å².